The van der Waals surface area contributed by atoms with Gasteiger partial charge in [0.05, 0.1) is 10.6 Å². The van der Waals surface area contributed by atoms with Crippen LogP contribution < -0.4 is 0 Å². The van der Waals surface area contributed by atoms with Gasteiger partial charge >= 0.3 is 0 Å². The third-order valence-corrected chi connectivity index (χ3v) is 7.02. The van der Waals surface area contributed by atoms with Crippen LogP contribution in [0.15, 0.2) is 29.3 Å². The molecule has 0 saturated carbocycles. The molecule has 4 rings (SSSR count). The second-order valence-corrected chi connectivity index (χ2v) is 9.28. The number of thiophene rings is 1. The molecule has 3 heterocycles. The summed E-state index contributed by atoms with van der Waals surface area (Å²) in [6, 6.07) is 6.56. The topological polar surface area (TPSA) is 64.5 Å². The maximum atomic E-state index is 12.6. The molecular formula is C23H20ClF2N5OS. The fourth-order valence-corrected chi connectivity index (χ4v) is 5.29. The lowest BCUT2D eigenvalue weighted by molar-refractivity contribution is -0.120. The normalized spacial score (nSPS) is 14.9. The monoisotopic (exact) mass is 487 g/mol. The number of aliphatic imine (C=N–C) groups is 1. The number of halogens is 3. The molecule has 0 aliphatic carbocycles. The van der Waals surface area contributed by atoms with Crippen molar-refractivity contribution < 1.29 is 13.6 Å². The number of carbonyl (C=O) groups is 1. The Morgan fingerprint density at radius 2 is 2.00 bits per heavy atom. The second-order valence-electron chi connectivity index (χ2n) is 7.76. The highest BCUT2D eigenvalue weighted by molar-refractivity contribution is 7.15. The third-order valence-electron chi connectivity index (χ3n) is 5.50. The number of alkyl halides is 2. The summed E-state index contributed by atoms with van der Waals surface area (Å²) < 4.78 is 27.2. The van der Waals surface area contributed by atoms with Crippen molar-refractivity contribution in [2.45, 2.75) is 52.1 Å². The number of aryl methyl sites for hydroxylation is 1. The van der Waals surface area contributed by atoms with Crippen molar-refractivity contribution in [3.63, 3.8) is 0 Å². The van der Waals surface area contributed by atoms with Crippen LogP contribution in [0.1, 0.15) is 58.5 Å². The summed E-state index contributed by atoms with van der Waals surface area (Å²) in [4.78, 5) is 22.0. The van der Waals surface area contributed by atoms with E-state index in [2.05, 4.69) is 15.0 Å². The van der Waals surface area contributed by atoms with Gasteiger partial charge < -0.3 is 4.85 Å². The fourth-order valence-electron chi connectivity index (χ4n) is 3.88. The lowest BCUT2D eigenvalue weighted by atomic mass is 9.99. The summed E-state index contributed by atoms with van der Waals surface area (Å²) in [6.45, 7) is 11.3. The Balaban J connectivity index is 1.90. The van der Waals surface area contributed by atoms with Gasteiger partial charge in [-0.05, 0) is 31.5 Å². The van der Waals surface area contributed by atoms with Gasteiger partial charge in [-0.15, -0.1) is 21.5 Å². The number of benzene rings is 1. The number of nitrogens with zero attached hydrogens (tertiary/aromatic N) is 5. The van der Waals surface area contributed by atoms with E-state index in [0.29, 0.717) is 22.4 Å². The first kappa shape index (κ1) is 23.2. The van der Waals surface area contributed by atoms with Gasteiger partial charge in [0.15, 0.2) is 5.82 Å². The zero-order chi connectivity index (χ0) is 23.7. The highest BCUT2D eigenvalue weighted by Gasteiger charge is 2.33. The van der Waals surface area contributed by atoms with E-state index in [1.807, 2.05) is 30.5 Å². The van der Waals surface area contributed by atoms with E-state index in [0.717, 1.165) is 26.6 Å². The average Bonchev–Trinajstić information content (AvgIpc) is 3.26. The number of aromatic nitrogens is 3. The maximum Gasteiger partial charge on any atom is 0.249 e. The van der Waals surface area contributed by atoms with Crippen molar-refractivity contribution >= 4 is 34.4 Å². The van der Waals surface area contributed by atoms with Crippen LogP contribution >= 0.6 is 22.9 Å². The first-order valence-electron chi connectivity index (χ1n) is 10.3. The zero-order valence-corrected chi connectivity index (χ0v) is 19.6. The number of carbonyl (C=O) groups excluding carboxylic acids is 1. The standard InChI is InChI=1S/C23H20ClF2N5OS/c1-12-18(11-27-3)33-23-20(12)21(14-4-6-15(24)7-5-14)28-17(10-16(32)8-9-19(25)26)22-30-29-13(2)31(22)23/h4-7,17,19H,8-11H2,1-2H3/t17-/m0/s1. The smallest absolute Gasteiger partial charge is 0.249 e. The van der Waals surface area contributed by atoms with Crippen LogP contribution in [0, 0.1) is 20.4 Å². The van der Waals surface area contributed by atoms with Gasteiger partial charge in [-0.3, -0.25) is 14.4 Å². The predicted molar refractivity (Wildman–Crippen MR) is 124 cm³/mol. The number of Topliss-reactive ketones (excluding diaryl/α,β-unsaturated/α-hetero) is 1. The number of rotatable bonds is 7. The quantitative estimate of drug-likeness (QED) is 0.389. The van der Waals surface area contributed by atoms with Crippen LogP contribution in [0.2, 0.25) is 5.02 Å². The summed E-state index contributed by atoms with van der Waals surface area (Å²) in [5.74, 6) is 0.806. The molecule has 0 fully saturated rings. The molecule has 1 aliphatic rings. The van der Waals surface area contributed by atoms with E-state index in [1.54, 1.807) is 12.1 Å². The molecule has 1 aliphatic heterocycles. The van der Waals surface area contributed by atoms with Crippen LogP contribution in [0.25, 0.3) is 9.85 Å². The minimum absolute atomic E-state index is 0.0508. The Kier molecular flexibility index (Phi) is 6.68. The molecule has 33 heavy (non-hydrogen) atoms. The molecule has 0 saturated heterocycles. The van der Waals surface area contributed by atoms with Crippen LogP contribution in [-0.4, -0.2) is 32.7 Å². The van der Waals surface area contributed by atoms with Gasteiger partial charge in [-0.2, -0.15) is 0 Å². The van der Waals surface area contributed by atoms with E-state index < -0.39 is 18.9 Å². The van der Waals surface area contributed by atoms with Crippen molar-refractivity contribution in [1.29, 1.82) is 0 Å². The van der Waals surface area contributed by atoms with Crippen LogP contribution in [0.5, 0.6) is 0 Å². The zero-order valence-electron chi connectivity index (χ0n) is 18.0. The second kappa shape index (κ2) is 9.49. The molecule has 0 amide bonds. The summed E-state index contributed by atoms with van der Waals surface area (Å²) in [6.07, 6.45) is -3.27. The molecule has 10 heteroatoms. The molecule has 0 unspecified atom stereocenters. The lowest BCUT2D eigenvalue weighted by Gasteiger charge is -2.12. The molecule has 1 aromatic carbocycles. The number of fused-ring (bicyclic) bond motifs is 3. The Morgan fingerprint density at radius 3 is 2.67 bits per heavy atom. The summed E-state index contributed by atoms with van der Waals surface area (Å²) in [7, 11) is 0. The Bertz CT molecular complexity index is 1270. The molecule has 0 bridgehead atoms. The SMILES string of the molecule is [C-]#[N+]Cc1sc2c(c1C)C(c1ccc(Cl)cc1)=N[C@@H](CC(=O)CCC(F)F)c1nnc(C)n1-2. The first-order valence-corrected chi connectivity index (χ1v) is 11.5. The van der Waals surface area contributed by atoms with E-state index >= 15 is 0 Å². The first-order chi connectivity index (χ1) is 15.8. The number of hydrogen-bond acceptors (Lipinski definition) is 5. The van der Waals surface area contributed by atoms with Crippen LogP contribution in [-0.2, 0) is 11.3 Å². The van der Waals surface area contributed by atoms with Gasteiger partial charge in [0, 0.05) is 35.4 Å². The highest BCUT2D eigenvalue weighted by Crippen LogP contribution is 2.40. The van der Waals surface area contributed by atoms with Crippen molar-refractivity contribution in [3.8, 4) is 5.00 Å². The largest absolute Gasteiger partial charge is 0.311 e. The van der Waals surface area contributed by atoms with Crippen LogP contribution in [0.3, 0.4) is 0 Å². The summed E-state index contributed by atoms with van der Waals surface area (Å²) in [5.41, 5.74) is 3.25. The van der Waals surface area contributed by atoms with E-state index in [1.165, 1.54) is 11.3 Å². The number of ketones is 1. The van der Waals surface area contributed by atoms with Crippen molar-refractivity contribution in [1.82, 2.24) is 14.8 Å². The van der Waals surface area contributed by atoms with Gasteiger partial charge in [0.25, 0.3) is 0 Å². The van der Waals surface area contributed by atoms with E-state index in [-0.39, 0.29) is 25.2 Å². The number of hydrogen-bond donors (Lipinski definition) is 0. The molecule has 2 aromatic heterocycles. The minimum atomic E-state index is -2.53. The summed E-state index contributed by atoms with van der Waals surface area (Å²) >= 11 is 7.57. The maximum absolute atomic E-state index is 12.6. The average molecular weight is 488 g/mol. The Labute approximate surface area is 198 Å². The molecule has 6 nitrogen and oxygen atoms in total. The predicted octanol–water partition coefficient (Wildman–Crippen LogP) is 5.91. The van der Waals surface area contributed by atoms with Crippen LogP contribution in [0.4, 0.5) is 8.78 Å². The van der Waals surface area contributed by atoms with Gasteiger partial charge in [-0.1, -0.05) is 23.7 Å². The molecule has 0 N–H and O–H groups in total. The minimum Gasteiger partial charge on any atom is -0.311 e. The Hall–Kier alpha value is -2.96. The summed E-state index contributed by atoms with van der Waals surface area (Å²) in [5, 5.41) is 9.92. The van der Waals surface area contributed by atoms with Gasteiger partial charge in [0.1, 0.15) is 22.7 Å². The third kappa shape index (κ3) is 4.59. The van der Waals surface area contributed by atoms with Crippen molar-refractivity contribution in [2.24, 2.45) is 4.99 Å². The van der Waals surface area contributed by atoms with E-state index in [4.69, 9.17) is 23.2 Å². The van der Waals surface area contributed by atoms with Gasteiger partial charge in [0.2, 0.25) is 13.0 Å². The van der Waals surface area contributed by atoms with Crippen molar-refractivity contribution in [2.75, 3.05) is 0 Å². The molecule has 1 atom stereocenters. The lowest BCUT2D eigenvalue weighted by Crippen LogP contribution is -2.12. The molecule has 170 valence electrons. The molecule has 0 spiro atoms. The highest BCUT2D eigenvalue weighted by atomic mass is 35.5. The fraction of sp³-hybridized carbons (Fsp3) is 0.348. The van der Waals surface area contributed by atoms with Crippen molar-refractivity contribution in [3.05, 3.63) is 73.9 Å². The Morgan fingerprint density at radius 1 is 1.27 bits per heavy atom. The molecule has 3 aromatic rings. The molecular weight excluding hydrogens is 468 g/mol. The van der Waals surface area contributed by atoms with E-state index in [9.17, 15) is 13.6 Å². The molecule has 0 radical (unpaired) electrons. The van der Waals surface area contributed by atoms with Gasteiger partial charge in [-0.25, -0.2) is 15.4 Å².